The van der Waals surface area contributed by atoms with Crippen LogP contribution in [-0.2, 0) is 16.6 Å². The van der Waals surface area contributed by atoms with E-state index in [4.69, 9.17) is 0 Å². The zero-order valence-electron chi connectivity index (χ0n) is 14.1. The Morgan fingerprint density at radius 2 is 1.88 bits per heavy atom. The Bertz CT molecular complexity index is 811. The first-order valence-electron chi connectivity index (χ1n) is 8.22. The highest BCUT2D eigenvalue weighted by molar-refractivity contribution is 7.89. The van der Waals surface area contributed by atoms with Crippen LogP contribution in [0.15, 0.2) is 41.4 Å². The summed E-state index contributed by atoms with van der Waals surface area (Å²) in [5, 5.41) is 0. The van der Waals surface area contributed by atoms with E-state index in [0.29, 0.717) is 4.90 Å². The van der Waals surface area contributed by atoms with E-state index in [9.17, 15) is 8.42 Å². The highest BCUT2D eigenvalue weighted by Crippen LogP contribution is 2.19. The number of nitrogens with zero attached hydrogens (tertiary/aromatic N) is 2. The summed E-state index contributed by atoms with van der Waals surface area (Å²) in [5.74, 6) is 0.966. The van der Waals surface area contributed by atoms with Crippen molar-refractivity contribution < 1.29 is 8.42 Å². The molecule has 5 nitrogen and oxygen atoms in total. The molecule has 0 atom stereocenters. The third kappa shape index (κ3) is 3.76. The van der Waals surface area contributed by atoms with Crippen LogP contribution in [0.4, 0.5) is 5.82 Å². The first-order chi connectivity index (χ1) is 11.5. The maximum absolute atomic E-state index is 12.5. The van der Waals surface area contributed by atoms with Gasteiger partial charge in [-0.1, -0.05) is 18.2 Å². The summed E-state index contributed by atoms with van der Waals surface area (Å²) in [5.41, 5.74) is 2.53. The molecule has 128 valence electrons. The van der Waals surface area contributed by atoms with Crippen molar-refractivity contribution in [3.63, 3.8) is 0 Å². The van der Waals surface area contributed by atoms with Crippen molar-refractivity contribution in [1.82, 2.24) is 9.71 Å². The molecule has 1 aromatic heterocycles. The lowest BCUT2D eigenvalue weighted by atomic mass is 10.2. The molecule has 0 spiro atoms. The molecular formula is C18H23N3O2S. The molecule has 0 unspecified atom stereocenters. The number of hydrogen-bond donors (Lipinski definition) is 1. The van der Waals surface area contributed by atoms with Crippen LogP contribution >= 0.6 is 0 Å². The van der Waals surface area contributed by atoms with Crippen molar-refractivity contribution >= 4 is 15.8 Å². The molecule has 0 saturated carbocycles. The number of rotatable bonds is 5. The highest BCUT2D eigenvalue weighted by atomic mass is 32.2. The smallest absolute Gasteiger partial charge is 0.241 e. The molecule has 1 fully saturated rings. The van der Waals surface area contributed by atoms with Crippen LogP contribution in [0, 0.1) is 13.8 Å². The van der Waals surface area contributed by atoms with Gasteiger partial charge >= 0.3 is 0 Å². The van der Waals surface area contributed by atoms with Crippen molar-refractivity contribution in [1.29, 1.82) is 0 Å². The Morgan fingerprint density at radius 1 is 1.12 bits per heavy atom. The van der Waals surface area contributed by atoms with Crippen molar-refractivity contribution in [2.45, 2.75) is 38.1 Å². The van der Waals surface area contributed by atoms with Gasteiger partial charge in [0.1, 0.15) is 5.82 Å². The normalized spacial score (nSPS) is 15.0. The predicted molar refractivity (Wildman–Crippen MR) is 95.6 cm³/mol. The van der Waals surface area contributed by atoms with E-state index in [-0.39, 0.29) is 6.54 Å². The number of pyridine rings is 1. The molecule has 0 aliphatic carbocycles. The van der Waals surface area contributed by atoms with Gasteiger partial charge in [-0.2, -0.15) is 0 Å². The molecular weight excluding hydrogens is 322 g/mol. The van der Waals surface area contributed by atoms with E-state index in [1.807, 2.05) is 31.2 Å². The molecule has 2 aromatic rings. The number of benzene rings is 1. The first-order valence-corrected chi connectivity index (χ1v) is 9.71. The van der Waals surface area contributed by atoms with E-state index >= 15 is 0 Å². The number of aromatic nitrogens is 1. The Labute approximate surface area is 143 Å². The van der Waals surface area contributed by atoms with Crippen molar-refractivity contribution in [3.05, 3.63) is 53.2 Å². The summed E-state index contributed by atoms with van der Waals surface area (Å²) in [6, 6.07) is 9.34. The molecule has 0 amide bonds. The maximum Gasteiger partial charge on any atom is 0.241 e. The lowest BCUT2D eigenvalue weighted by Crippen LogP contribution is -2.24. The zero-order valence-corrected chi connectivity index (χ0v) is 14.9. The summed E-state index contributed by atoms with van der Waals surface area (Å²) in [4.78, 5) is 7.05. The van der Waals surface area contributed by atoms with E-state index in [1.54, 1.807) is 19.2 Å². The van der Waals surface area contributed by atoms with Crippen LogP contribution in [0.5, 0.6) is 0 Å². The molecule has 1 aliphatic heterocycles. The Morgan fingerprint density at radius 3 is 2.54 bits per heavy atom. The lowest BCUT2D eigenvalue weighted by Gasteiger charge is -2.16. The summed E-state index contributed by atoms with van der Waals surface area (Å²) in [7, 11) is -3.53. The van der Waals surface area contributed by atoms with Crippen LogP contribution in [0.1, 0.15) is 29.5 Å². The Hall–Kier alpha value is -1.92. The minimum Gasteiger partial charge on any atom is -0.357 e. The van der Waals surface area contributed by atoms with Crippen LogP contribution in [0.2, 0.25) is 0 Å². The van der Waals surface area contributed by atoms with Gasteiger partial charge in [0.25, 0.3) is 0 Å². The molecule has 1 N–H and O–H groups in total. The molecule has 6 heteroatoms. The van der Waals surface area contributed by atoms with Gasteiger partial charge in [0.05, 0.1) is 4.90 Å². The van der Waals surface area contributed by atoms with Gasteiger partial charge in [-0.3, -0.25) is 0 Å². The lowest BCUT2D eigenvalue weighted by molar-refractivity contribution is 0.580. The highest BCUT2D eigenvalue weighted by Gasteiger charge is 2.17. The fourth-order valence-corrected chi connectivity index (χ4v) is 4.25. The minimum atomic E-state index is -3.53. The minimum absolute atomic E-state index is 0.239. The number of nitrogens with one attached hydrogen (secondary N) is 1. The van der Waals surface area contributed by atoms with Gasteiger partial charge in [-0.15, -0.1) is 0 Å². The summed E-state index contributed by atoms with van der Waals surface area (Å²) in [6.45, 7) is 6.03. The number of hydrogen-bond acceptors (Lipinski definition) is 4. The predicted octanol–water partition coefficient (Wildman–Crippen LogP) is 2.78. The standard InChI is InChI=1S/C18H23N3O2S/c1-14-5-6-15(2)17(11-14)24(22,23)20-13-16-7-8-18(19-12-16)21-9-3-4-10-21/h5-8,11-12,20H,3-4,9-10,13H2,1-2H3. The van der Waals surface area contributed by atoms with Crippen LogP contribution in [0.25, 0.3) is 0 Å². The fourth-order valence-electron chi connectivity index (χ4n) is 2.91. The molecule has 0 radical (unpaired) electrons. The molecule has 1 saturated heterocycles. The third-order valence-electron chi connectivity index (χ3n) is 4.34. The second-order valence-corrected chi connectivity index (χ2v) is 8.05. The second-order valence-electron chi connectivity index (χ2n) is 6.31. The number of sulfonamides is 1. The van der Waals surface area contributed by atoms with Crippen LogP contribution < -0.4 is 9.62 Å². The average Bonchev–Trinajstić information content (AvgIpc) is 3.10. The van der Waals surface area contributed by atoms with Crippen molar-refractivity contribution in [3.8, 4) is 0 Å². The van der Waals surface area contributed by atoms with Gasteiger partial charge in [-0.25, -0.2) is 18.1 Å². The molecule has 24 heavy (non-hydrogen) atoms. The summed E-state index contributed by atoms with van der Waals surface area (Å²) >= 11 is 0. The van der Waals surface area contributed by atoms with E-state index in [0.717, 1.165) is 35.6 Å². The summed E-state index contributed by atoms with van der Waals surface area (Å²) in [6.07, 6.45) is 4.16. The van der Waals surface area contributed by atoms with Crippen LogP contribution in [-0.4, -0.2) is 26.5 Å². The molecule has 3 rings (SSSR count). The van der Waals surface area contributed by atoms with E-state index < -0.39 is 10.0 Å². The molecule has 1 aromatic carbocycles. The second kappa shape index (κ2) is 6.91. The quantitative estimate of drug-likeness (QED) is 0.905. The third-order valence-corrected chi connectivity index (χ3v) is 5.88. The number of aryl methyl sites for hydroxylation is 2. The summed E-state index contributed by atoms with van der Waals surface area (Å²) < 4.78 is 27.7. The van der Waals surface area contributed by atoms with Gasteiger partial charge in [0.2, 0.25) is 10.0 Å². The van der Waals surface area contributed by atoms with Crippen molar-refractivity contribution in [2.75, 3.05) is 18.0 Å². The SMILES string of the molecule is Cc1ccc(C)c(S(=O)(=O)NCc2ccc(N3CCCC3)nc2)c1. The number of anilines is 1. The largest absolute Gasteiger partial charge is 0.357 e. The van der Waals surface area contributed by atoms with Gasteiger partial charge in [0, 0.05) is 25.8 Å². The maximum atomic E-state index is 12.5. The molecule has 2 heterocycles. The average molecular weight is 345 g/mol. The van der Waals surface area contributed by atoms with Gasteiger partial charge in [-0.05, 0) is 55.5 Å². The van der Waals surface area contributed by atoms with Gasteiger partial charge < -0.3 is 4.90 Å². The van der Waals surface area contributed by atoms with Gasteiger partial charge in [0.15, 0.2) is 0 Å². The topological polar surface area (TPSA) is 62.3 Å². The molecule has 0 bridgehead atoms. The Kier molecular flexibility index (Phi) is 4.87. The van der Waals surface area contributed by atoms with Crippen molar-refractivity contribution in [2.24, 2.45) is 0 Å². The first kappa shape index (κ1) is 16.9. The van der Waals surface area contributed by atoms with E-state index in [1.165, 1.54) is 12.8 Å². The fraction of sp³-hybridized carbons (Fsp3) is 0.389. The molecule has 1 aliphatic rings. The van der Waals surface area contributed by atoms with E-state index in [2.05, 4.69) is 14.6 Å². The zero-order chi connectivity index (χ0) is 17.2. The monoisotopic (exact) mass is 345 g/mol. The Balaban J connectivity index is 1.69. The van der Waals surface area contributed by atoms with Crippen LogP contribution in [0.3, 0.4) is 0 Å².